The predicted octanol–water partition coefficient (Wildman–Crippen LogP) is 3.99. The minimum Gasteiger partial charge on any atom is -0.465 e. The summed E-state index contributed by atoms with van der Waals surface area (Å²) in [7, 11) is 1.35. The van der Waals surface area contributed by atoms with Crippen molar-refractivity contribution in [3.05, 3.63) is 23.2 Å². The number of ether oxygens (including phenoxy) is 1. The predicted molar refractivity (Wildman–Crippen MR) is 96.5 cm³/mol. The Labute approximate surface area is 154 Å². The van der Waals surface area contributed by atoms with Gasteiger partial charge >= 0.3 is 5.97 Å². The topological polar surface area (TPSA) is 68.5 Å². The van der Waals surface area contributed by atoms with E-state index >= 15 is 0 Å². The normalized spacial score (nSPS) is 37.6. The highest BCUT2D eigenvalue weighted by Crippen LogP contribution is 2.69. The van der Waals surface area contributed by atoms with Crippen molar-refractivity contribution in [2.45, 2.75) is 65.8 Å². The summed E-state index contributed by atoms with van der Waals surface area (Å²) in [4.78, 5) is 24.9. The molecule has 0 spiro atoms. The van der Waals surface area contributed by atoms with Gasteiger partial charge in [0, 0.05) is 0 Å². The smallest absolute Gasteiger partial charge is 0.341 e. The van der Waals surface area contributed by atoms with Gasteiger partial charge in [-0.2, -0.15) is 0 Å². The quantitative estimate of drug-likeness (QED) is 0.826. The summed E-state index contributed by atoms with van der Waals surface area (Å²) in [6.45, 7) is 6.79. The van der Waals surface area contributed by atoms with Crippen LogP contribution in [-0.2, 0) is 16.1 Å². The second-order valence-electron chi connectivity index (χ2n) is 9.77. The molecule has 1 heterocycles. The molecule has 4 fully saturated rings. The largest absolute Gasteiger partial charge is 0.465 e. The highest BCUT2D eigenvalue weighted by Gasteiger charge is 2.62. The fourth-order valence-electron chi connectivity index (χ4n) is 7.00. The lowest BCUT2D eigenvalue weighted by Gasteiger charge is -2.64. The number of rotatable bonds is 4. The molecule has 0 aromatic carbocycles. The Bertz CT molecular complexity index is 746. The first-order valence-corrected chi connectivity index (χ1v) is 9.62. The first-order chi connectivity index (χ1) is 12.2. The van der Waals surface area contributed by atoms with Gasteiger partial charge in [0.05, 0.1) is 19.1 Å². The number of amides is 1. The van der Waals surface area contributed by atoms with Crippen molar-refractivity contribution < 1.29 is 18.7 Å². The van der Waals surface area contributed by atoms with E-state index in [-0.39, 0.29) is 11.3 Å². The molecule has 1 aromatic heterocycles. The molecule has 1 aromatic rings. The summed E-state index contributed by atoms with van der Waals surface area (Å²) < 4.78 is 10.4. The number of hydrogen-bond acceptors (Lipinski definition) is 4. The molecule has 4 aliphatic carbocycles. The van der Waals surface area contributed by atoms with E-state index in [1.54, 1.807) is 13.0 Å². The molecule has 4 bridgehead atoms. The van der Waals surface area contributed by atoms with Crippen molar-refractivity contribution in [2.24, 2.45) is 22.2 Å². The first kappa shape index (κ1) is 17.6. The Hall–Kier alpha value is -1.78. The van der Waals surface area contributed by atoms with Gasteiger partial charge in [-0.25, -0.2) is 4.79 Å². The number of carbonyl (C=O) groups is 2. The van der Waals surface area contributed by atoms with Gasteiger partial charge < -0.3 is 14.5 Å². The third-order valence-electron chi connectivity index (χ3n) is 6.91. The van der Waals surface area contributed by atoms with E-state index in [2.05, 4.69) is 19.2 Å². The highest BCUT2D eigenvalue weighted by atomic mass is 16.5. The van der Waals surface area contributed by atoms with Gasteiger partial charge in [0.2, 0.25) is 5.91 Å². The number of methoxy groups -OCH3 is 1. The number of hydrogen-bond donors (Lipinski definition) is 1. The minimum atomic E-state index is -0.411. The Balaban J connectivity index is 1.48. The average molecular weight is 359 g/mol. The van der Waals surface area contributed by atoms with Crippen molar-refractivity contribution >= 4 is 11.9 Å². The lowest BCUT2D eigenvalue weighted by atomic mass is 9.40. The monoisotopic (exact) mass is 359 g/mol. The maximum absolute atomic E-state index is 13.2. The summed E-state index contributed by atoms with van der Waals surface area (Å²) in [5.74, 6) is 1.55. The van der Waals surface area contributed by atoms with Crippen LogP contribution in [0.5, 0.6) is 0 Å². The summed E-state index contributed by atoms with van der Waals surface area (Å²) >= 11 is 0. The van der Waals surface area contributed by atoms with Crippen LogP contribution < -0.4 is 5.32 Å². The van der Waals surface area contributed by atoms with Crippen LogP contribution >= 0.6 is 0 Å². The highest BCUT2D eigenvalue weighted by molar-refractivity contribution is 5.90. The molecule has 1 N–H and O–H groups in total. The van der Waals surface area contributed by atoms with Gasteiger partial charge in [-0.15, -0.1) is 0 Å². The SMILES string of the molecule is COC(=O)c1cc(CNC(=O)C23CC4CC(C)(CC(C)(C4)C2)C3)oc1C. The summed E-state index contributed by atoms with van der Waals surface area (Å²) in [6.07, 6.45) is 6.83. The minimum absolute atomic E-state index is 0.160. The lowest BCUT2D eigenvalue weighted by Crippen LogP contribution is -2.59. The van der Waals surface area contributed by atoms with Crippen molar-refractivity contribution in [2.75, 3.05) is 7.11 Å². The lowest BCUT2D eigenvalue weighted by molar-refractivity contribution is -0.170. The van der Waals surface area contributed by atoms with Crippen LogP contribution in [0.2, 0.25) is 0 Å². The van der Waals surface area contributed by atoms with Gasteiger partial charge in [0.15, 0.2) is 0 Å². The number of esters is 1. The van der Waals surface area contributed by atoms with Gasteiger partial charge in [-0.3, -0.25) is 4.79 Å². The molecule has 5 nitrogen and oxygen atoms in total. The van der Waals surface area contributed by atoms with Gasteiger partial charge in [0.1, 0.15) is 17.1 Å². The van der Waals surface area contributed by atoms with Crippen molar-refractivity contribution in [3.8, 4) is 0 Å². The molecular formula is C21H29NO4. The molecule has 1 amide bonds. The van der Waals surface area contributed by atoms with Gasteiger partial charge in [-0.05, 0) is 68.3 Å². The average Bonchev–Trinajstić information content (AvgIpc) is 2.89. The number of furan rings is 1. The molecule has 2 unspecified atom stereocenters. The van der Waals surface area contributed by atoms with E-state index in [0.29, 0.717) is 40.4 Å². The van der Waals surface area contributed by atoms with Crippen LogP contribution in [0.1, 0.15) is 74.3 Å². The van der Waals surface area contributed by atoms with E-state index in [4.69, 9.17) is 9.15 Å². The molecular weight excluding hydrogens is 330 g/mol. The van der Waals surface area contributed by atoms with Gasteiger partial charge in [0.25, 0.3) is 0 Å². The van der Waals surface area contributed by atoms with Crippen LogP contribution in [0, 0.1) is 29.1 Å². The molecule has 5 heteroatoms. The standard InChI is InChI=1S/C21H29NO4/c1-13-16(17(23)25-4)5-15(26-13)9-22-18(24)21-8-14-6-19(2,11-21)10-20(3,7-14)12-21/h5,14H,6-12H2,1-4H3,(H,22,24). The van der Waals surface area contributed by atoms with E-state index in [1.165, 1.54) is 26.4 Å². The third kappa shape index (κ3) is 2.76. The molecule has 5 rings (SSSR count). The Morgan fingerprint density at radius 2 is 1.85 bits per heavy atom. The van der Waals surface area contributed by atoms with Crippen LogP contribution in [0.3, 0.4) is 0 Å². The second kappa shape index (κ2) is 5.61. The van der Waals surface area contributed by atoms with E-state index in [0.717, 1.165) is 19.3 Å². The fourth-order valence-corrected chi connectivity index (χ4v) is 7.00. The molecule has 142 valence electrons. The van der Waals surface area contributed by atoms with E-state index in [1.807, 2.05) is 0 Å². The van der Waals surface area contributed by atoms with Crippen LogP contribution in [0.15, 0.2) is 10.5 Å². The van der Waals surface area contributed by atoms with E-state index in [9.17, 15) is 9.59 Å². The fraction of sp³-hybridized carbons (Fsp3) is 0.714. The summed E-state index contributed by atoms with van der Waals surface area (Å²) in [5.41, 5.74) is 0.817. The zero-order chi connectivity index (χ0) is 18.7. The molecule has 4 saturated carbocycles. The summed E-state index contributed by atoms with van der Waals surface area (Å²) in [6, 6.07) is 1.67. The maximum atomic E-state index is 13.2. The molecule has 2 atom stereocenters. The second-order valence-corrected chi connectivity index (χ2v) is 9.77. The molecule has 4 aliphatic rings. The maximum Gasteiger partial charge on any atom is 0.341 e. The van der Waals surface area contributed by atoms with Crippen LogP contribution in [0.4, 0.5) is 0 Å². The Morgan fingerprint density at radius 1 is 1.19 bits per heavy atom. The summed E-state index contributed by atoms with van der Waals surface area (Å²) in [5, 5.41) is 3.10. The van der Waals surface area contributed by atoms with Crippen LogP contribution in [0.25, 0.3) is 0 Å². The number of aryl methyl sites for hydroxylation is 1. The van der Waals surface area contributed by atoms with Crippen LogP contribution in [-0.4, -0.2) is 19.0 Å². The van der Waals surface area contributed by atoms with Gasteiger partial charge in [-0.1, -0.05) is 13.8 Å². The van der Waals surface area contributed by atoms with Crippen molar-refractivity contribution in [1.29, 1.82) is 0 Å². The Morgan fingerprint density at radius 3 is 2.42 bits per heavy atom. The zero-order valence-electron chi connectivity index (χ0n) is 16.2. The zero-order valence-corrected chi connectivity index (χ0v) is 16.2. The van der Waals surface area contributed by atoms with E-state index < -0.39 is 5.97 Å². The third-order valence-corrected chi connectivity index (χ3v) is 6.91. The van der Waals surface area contributed by atoms with Crippen molar-refractivity contribution in [1.82, 2.24) is 5.32 Å². The number of nitrogens with one attached hydrogen (secondary N) is 1. The molecule has 0 aliphatic heterocycles. The molecule has 0 radical (unpaired) electrons. The Kier molecular flexibility index (Phi) is 3.80. The first-order valence-electron chi connectivity index (χ1n) is 9.62. The molecule has 26 heavy (non-hydrogen) atoms. The van der Waals surface area contributed by atoms with Crippen molar-refractivity contribution in [3.63, 3.8) is 0 Å². The molecule has 0 saturated heterocycles. The number of carbonyl (C=O) groups excluding carboxylic acids is 2.